The average molecular weight is 287 g/mol. The Hall–Kier alpha value is -1.08. The van der Waals surface area contributed by atoms with E-state index in [2.05, 4.69) is 31.3 Å². The Balaban J connectivity index is 2.14. The molecular formula is C8H7BrN4OS. The summed E-state index contributed by atoms with van der Waals surface area (Å²) in [6, 6.07) is 1.79. The SMILES string of the molecule is Cn1nnc(CC(=O)c2ccsc2Br)n1. The number of carbonyl (C=O) groups is 1. The highest BCUT2D eigenvalue weighted by Crippen LogP contribution is 2.24. The van der Waals surface area contributed by atoms with Crippen LogP contribution in [0.3, 0.4) is 0 Å². The quantitative estimate of drug-likeness (QED) is 0.802. The molecule has 2 aromatic rings. The van der Waals surface area contributed by atoms with Gasteiger partial charge in [0.2, 0.25) is 0 Å². The maximum atomic E-state index is 11.8. The van der Waals surface area contributed by atoms with Gasteiger partial charge in [0.05, 0.1) is 17.3 Å². The fourth-order valence-corrected chi connectivity index (χ4v) is 2.44. The van der Waals surface area contributed by atoms with Crippen LogP contribution in [0, 0.1) is 0 Å². The molecule has 0 radical (unpaired) electrons. The molecule has 0 N–H and O–H groups in total. The summed E-state index contributed by atoms with van der Waals surface area (Å²) in [6.45, 7) is 0. The summed E-state index contributed by atoms with van der Waals surface area (Å²) in [5, 5.41) is 13.2. The second-order valence-electron chi connectivity index (χ2n) is 2.90. The summed E-state index contributed by atoms with van der Waals surface area (Å²) in [6.07, 6.45) is 0.184. The molecule has 78 valence electrons. The van der Waals surface area contributed by atoms with E-state index in [1.54, 1.807) is 13.1 Å². The van der Waals surface area contributed by atoms with Gasteiger partial charge in [0.15, 0.2) is 11.6 Å². The molecule has 0 spiro atoms. The number of aryl methyl sites for hydroxylation is 1. The lowest BCUT2D eigenvalue weighted by atomic mass is 10.1. The first-order valence-corrected chi connectivity index (χ1v) is 5.83. The molecule has 0 fully saturated rings. The minimum atomic E-state index is -0.00359. The van der Waals surface area contributed by atoms with E-state index in [1.807, 2.05) is 5.38 Å². The lowest BCUT2D eigenvalue weighted by Crippen LogP contribution is -2.05. The number of nitrogens with zero attached hydrogens (tertiary/aromatic N) is 4. The molecule has 0 saturated heterocycles. The summed E-state index contributed by atoms with van der Waals surface area (Å²) in [5.41, 5.74) is 0.674. The molecule has 0 unspecified atom stereocenters. The smallest absolute Gasteiger partial charge is 0.182 e. The van der Waals surface area contributed by atoms with Crippen molar-refractivity contribution < 1.29 is 4.79 Å². The third kappa shape index (κ3) is 2.29. The van der Waals surface area contributed by atoms with Gasteiger partial charge in [-0.15, -0.1) is 21.5 Å². The Morgan fingerprint density at radius 1 is 1.67 bits per heavy atom. The third-order valence-corrected chi connectivity index (χ3v) is 3.47. The van der Waals surface area contributed by atoms with Crippen molar-refractivity contribution >= 4 is 33.0 Å². The number of rotatable bonds is 3. The van der Waals surface area contributed by atoms with Crippen LogP contribution in [0.1, 0.15) is 16.2 Å². The number of tetrazole rings is 1. The predicted molar refractivity (Wildman–Crippen MR) is 58.9 cm³/mol. The van der Waals surface area contributed by atoms with Crippen LogP contribution in [0.2, 0.25) is 0 Å². The van der Waals surface area contributed by atoms with Gasteiger partial charge in [0.25, 0.3) is 0 Å². The maximum Gasteiger partial charge on any atom is 0.182 e. The van der Waals surface area contributed by atoms with Gasteiger partial charge in [0.1, 0.15) is 0 Å². The summed E-state index contributed by atoms with van der Waals surface area (Å²) < 4.78 is 0.844. The molecule has 5 nitrogen and oxygen atoms in total. The van der Waals surface area contributed by atoms with Crippen LogP contribution in [0.4, 0.5) is 0 Å². The highest BCUT2D eigenvalue weighted by molar-refractivity contribution is 9.11. The van der Waals surface area contributed by atoms with Crippen molar-refractivity contribution in [3.63, 3.8) is 0 Å². The Labute approximate surface area is 98.2 Å². The van der Waals surface area contributed by atoms with Crippen molar-refractivity contribution in [2.75, 3.05) is 0 Å². The number of aromatic nitrogens is 4. The van der Waals surface area contributed by atoms with Gasteiger partial charge in [-0.05, 0) is 32.6 Å². The molecule has 0 aliphatic rings. The monoisotopic (exact) mass is 286 g/mol. The van der Waals surface area contributed by atoms with E-state index in [9.17, 15) is 4.79 Å². The Bertz CT molecular complexity index is 492. The first-order valence-electron chi connectivity index (χ1n) is 4.16. The second kappa shape index (κ2) is 4.19. The first-order chi connectivity index (χ1) is 7.16. The van der Waals surface area contributed by atoms with Gasteiger partial charge >= 0.3 is 0 Å². The summed E-state index contributed by atoms with van der Waals surface area (Å²) in [7, 11) is 1.67. The largest absolute Gasteiger partial charge is 0.294 e. The number of halogens is 1. The van der Waals surface area contributed by atoms with E-state index >= 15 is 0 Å². The fraction of sp³-hybridized carbons (Fsp3) is 0.250. The second-order valence-corrected chi connectivity index (χ2v) is 5.14. The molecule has 0 aliphatic carbocycles. The minimum absolute atomic E-state index is 0.00359. The molecule has 2 aromatic heterocycles. The van der Waals surface area contributed by atoms with Gasteiger partial charge < -0.3 is 0 Å². The van der Waals surface area contributed by atoms with Gasteiger partial charge in [-0.25, -0.2) is 0 Å². The lowest BCUT2D eigenvalue weighted by Gasteiger charge is -1.94. The number of carbonyl (C=O) groups excluding carboxylic acids is 1. The van der Waals surface area contributed by atoms with Gasteiger partial charge in [-0.3, -0.25) is 4.79 Å². The van der Waals surface area contributed by atoms with Crippen LogP contribution < -0.4 is 0 Å². The van der Waals surface area contributed by atoms with Crippen molar-refractivity contribution in [2.45, 2.75) is 6.42 Å². The van der Waals surface area contributed by atoms with Crippen LogP contribution in [0.5, 0.6) is 0 Å². The van der Waals surface area contributed by atoms with Crippen molar-refractivity contribution in [1.82, 2.24) is 20.2 Å². The molecule has 2 heterocycles. The normalized spacial score (nSPS) is 10.5. The first kappa shape index (κ1) is 10.4. The lowest BCUT2D eigenvalue weighted by molar-refractivity contribution is 0.0990. The van der Waals surface area contributed by atoms with Gasteiger partial charge in [-0.2, -0.15) is 4.80 Å². The van der Waals surface area contributed by atoms with E-state index < -0.39 is 0 Å². The Kier molecular flexibility index (Phi) is 2.92. The topological polar surface area (TPSA) is 60.7 Å². The highest BCUT2D eigenvalue weighted by Gasteiger charge is 2.14. The molecular weight excluding hydrogens is 280 g/mol. The zero-order chi connectivity index (χ0) is 10.8. The van der Waals surface area contributed by atoms with Crippen molar-refractivity contribution in [1.29, 1.82) is 0 Å². The molecule has 7 heteroatoms. The number of hydrogen-bond donors (Lipinski definition) is 0. The standard InChI is InChI=1S/C8H7BrN4OS/c1-13-11-7(10-12-13)4-6(14)5-2-3-15-8(5)9/h2-3H,4H2,1H3. The third-order valence-electron chi connectivity index (χ3n) is 1.79. The zero-order valence-corrected chi connectivity index (χ0v) is 10.2. The fourth-order valence-electron chi connectivity index (χ4n) is 1.13. The molecule has 0 amide bonds. The van der Waals surface area contributed by atoms with Crippen LogP contribution >= 0.6 is 27.3 Å². The van der Waals surface area contributed by atoms with Gasteiger partial charge in [-0.1, -0.05) is 0 Å². The van der Waals surface area contributed by atoms with Crippen LogP contribution in [-0.2, 0) is 13.5 Å². The highest BCUT2D eigenvalue weighted by atomic mass is 79.9. The predicted octanol–water partition coefficient (Wildman–Crippen LogP) is 1.46. The van der Waals surface area contributed by atoms with E-state index in [4.69, 9.17) is 0 Å². The van der Waals surface area contributed by atoms with E-state index in [0.717, 1.165) is 3.79 Å². The van der Waals surface area contributed by atoms with Crippen molar-refractivity contribution in [2.24, 2.45) is 7.05 Å². The number of ketones is 1. The molecule has 15 heavy (non-hydrogen) atoms. The van der Waals surface area contributed by atoms with Gasteiger partial charge in [0, 0.05) is 5.56 Å². The maximum absolute atomic E-state index is 11.8. The van der Waals surface area contributed by atoms with Crippen LogP contribution in [0.15, 0.2) is 15.2 Å². The van der Waals surface area contributed by atoms with E-state index in [0.29, 0.717) is 11.4 Å². The molecule has 0 atom stereocenters. The molecule has 2 rings (SSSR count). The molecule has 0 bridgehead atoms. The summed E-state index contributed by atoms with van der Waals surface area (Å²) in [4.78, 5) is 13.1. The zero-order valence-electron chi connectivity index (χ0n) is 7.85. The minimum Gasteiger partial charge on any atom is -0.294 e. The van der Waals surface area contributed by atoms with Crippen molar-refractivity contribution in [3.8, 4) is 0 Å². The van der Waals surface area contributed by atoms with E-state index in [1.165, 1.54) is 16.1 Å². The van der Waals surface area contributed by atoms with Crippen molar-refractivity contribution in [3.05, 3.63) is 26.6 Å². The summed E-state index contributed by atoms with van der Waals surface area (Å²) in [5.74, 6) is 0.441. The van der Waals surface area contributed by atoms with Crippen LogP contribution in [0.25, 0.3) is 0 Å². The Morgan fingerprint density at radius 2 is 2.47 bits per heavy atom. The number of hydrogen-bond acceptors (Lipinski definition) is 5. The van der Waals surface area contributed by atoms with Crippen LogP contribution in [-0.4, -0.2) is 26.0 Å². The average Bonchev–Trinajstić information content (AvgIpc) is 2.75. The number of Topliss-reactive ketones (excluding diaryl/α,β-unsaturated/α-hetero) is 1. The molecule has 0 aliphatic heterocycles. The molecule has 0 saturated carbocycles. The number of thiophene rings is 1. The Morgan fingerprint density at radius 3 is 3.00 bits per heavy atom. The molecule has 0 aromatic carbocycles. The van der Waals surface area contributed by atoms with E-state index in [-0.39, 0.29) is 12.2 Å². The summed E-state index contributed by atoms with van der Waals surface area (Å²) >= 11 is 4.80.